The molecule has 1 aromatic carbocycles. The fourth-order valence-electron chi connectivity index (χ4n) is 2.33. The molecule has 0 aliphatic carbocycles. The number of aromatic hydroxyl groups is 1. The highest BCUT2D eigenvalue weighted by molar-refractivity contribution is 5.59. The predicted octanol–water partition coefficient (Wildman–Crippen LogP) is 3.99. The lowest BCUT2D eigenvalue weighted by Gasteiger charge is -2.17. The van der Waals surface area contributed by atoms with E-state index in [1.54, 1.807) is 38.1 Å². The van der Waals surface area contributed by atoms with Crippen LogP contribution in [0.5, 0.6) is 5.88 Å². The lowest BCUT2D eigenvalue weighted by molar-refractivity contribution is 0.374. The minimum Gasteiger partial charge on any atom is -0.493 e. The number of pyridine rings is 1. The van der Waals surface area contributed by atoms with Gasteiger partial charge in [-0.05, 0) is 44.5 Å². The van der Waals surface area contributed by atoms with Crippen LogP contribution in [-0.2, 0) is 0 Å². The highest BCUT2D eigenvalue weighted by Gasteiger charge is 2.21. The molecule has 0 saturated heterocycles. The fourth-order valence-corrected chi connectivity index (χ4v) is 2.33. The number of azo groups is 1. The Morgan fingerprint density at radius 2 is 1.84 bits per heavy atom. The molecule has 0 amide bonds. The van der Waals surface area contributed by atoms with Gasteiger partial charge in [-0.15, -0.1) is 5.11 Å². The molecule has 1 atom stereocenters. The molecular formula is C18H17N5O2. The fraction of sp³-hybridized carbons (Fsp3) is 0.278. The number of benzene rings is 1. The molecule has 0 spiro atoms. The van der Waals surface area contributed by atoms with E-state index in [4.69, 9.17) is 5.26 Å². The monoisotopic (exact) mass is 335 g/mol. The molecule has 0 aliphatic rings. The van der Waals surface area contributed by atoms with Crippen molar-refractivity contribution in [3.63, 3.8) is 0 Å². The first-order valence-corrected chi connectivity index (χ1v) is 7.74. The van der Waals surface area contributed by atoms with Crippen molar-refractivity contribution in [1.82, 2.24) is 4.57 Å². The molecule has 1 N–H and O–H groups in total. The molecule has 25 heavy (non-hydrogen) atoms. The molecule has 0 fully saturated rings. The second-order valence-electron chi connectivity index (χ2n) is 5.58. The Bertz CT molecular complexity index is 959. The summed E-state index contributed by atoms with van der Waals surface area (Å²) in [5.74, 6) is -0.312. The van der Waals surface area contributed by atoms with Crippen molar-refractivity contribution in [2.24, 2.45) is 10.2 Å². The Labute approximate surface area is 145 Å². The summed E-state index contributed by atoms with van der Waals surface area (Å²) in [6.45, 7) is 5.20. The van der Waals surface area contributed by atoms with Gasteiger partial charge in [0.2, 0.25) is 5.88 Å². The number of hydrogen-bond donors (Lipinski definition) is 1. The number of rotatable bonds is 4. The van der Waals surface area contributed by atoms with Gasteiger partial charge in [-0.25, -0.2) is 0 Å². The van der Waals surface area contributed by atoms with Crippen LogP contribution in [0.2, 0.25) is 0 Å². The van der Waals surface area contributed by atoms with Crippen molar-refractivity contribution in [1.29, 1.82) is 10.5 Å². The van der Waals surface area contributed by atoms with Crippen molar-refractivity contribution in [3.05, 3.63) is 51.3 Å². The van der Waals surface area contributed by atoms with Gasteiger partial charge in [0.15, 0.2) is 5.69 Å². The summed E-state index contributed by atoms with van der Waals surface area (Å²) >= 11 is 0. The van der Waals surface area contributed by atoms with Crippen LogP contribution in [0, 0.1) is 29.6 Å². The van der Waals surface area contributed by atoms with Crippen molar-refractivity contribution in [2.75, 3.05) is 0 Å². The third-order valence-electron chi connectivity index (χ3n) is 4.01. The minimum absolute atomic E-state index is 0.0631. The lowest BCUT2D eigenvalue weighted by atomic mass is 10.1. The summed E-state index contributed by atoms with van der Waals surface area (Å²) in [5, 5.41) is 36.7. The summed E-state index contributed by atoms with van der Waals surface area (Å²) in [7, 11) is 0. The van der Waals surface area contributed by atoms with E-state index in [0.717, 1.165) is 0 Å². The molecule has 0 aliphatic heterocycles. The van der Waals surface area contributed by atoms with Crippen LogP contribution in [0.25, 0.3) is 0 Å². The summed E-state index contributed by atoms with van der Waals surface area (Å²) in [5.41, 5.74) is 0.742. The number of nitriles is 2. The Morgan fingerprint density at radius 3 is 2.36 bits per heavy atom. The van der Waals surface area contributed by atoms with Gasteiger partial charge in [0, 0.05) is 11.6 Å². The van der Waals surface area contributed by atoms with E-state index in [9.17, 15) is 15.2 Å². The zero-order chi connectivity index (χ0) is 18.6. The second kappa shape index (κ2) is 7.41. The van der Waals surface area contributed by atoms with E-state index in [0.29, 0.717) is 17.7 Å². The van der Waals surface area contributed by atoms with E-state index in [-0.39, 0.29) is 28.7 Å². The van der Waals surface area contributed by atoms with E-state index >= 15 is 0 Å². The van der Waals surface area contributed by atoms with Crippen molar-refractivity contribution in [2.45, 2.75) is 33.2 Å². The van der Waals surface area contributed by atoms with Crippen molar-refractivity contribution in [3.8, 4) is 18.0 Å². The first-order chi connectivity index (χ1) is 11.9. The van der Waals surface area contributed by atoms with E-state index in [2.05, 4.69) is 10.2 Å². The zero-order valence-corrected chi connectivity index (χ0v) is 14.2. The summed E-state index contributed by atoms with van der Waals surface area (Å²) < 4.78 is 1.17. The molecular weight excluding hydrogens is 318 g/mol. The molecule has 7 nitrogen and oxygen atoms in total. The first-order valence-electron chi connectivity index (χ1n) is 7.74. The molecule has 7 heteroatoms. The maximum atomic E-state index is 12.4. The zero-order valence-electron chi connectivity index (χ0n) is 14.2. The van der Waals surface area contributed by atoms with Crippen LogP contribution in [0.4, 0.5) is 11.4 Å². The smallest absolute Gasteiger partial charge is 0.271 e. The van der Waals surface area contributed by atoms with E-state index in [1.807, 2.05) is 19.1 Å². The van der Waals surface area contributed by atoms with Gasteiger partial charge >= 0.3 is 0 Å². The summed E-state index contributed by atoms with van der Waals surface area (Å²) in [4.78, 5) is 12.4. The maximum absolute atomic E-state index is 12.4. The third kappa shape index (κ3) is 3.41. The lowest BCUT2D eigenvalue weighted by Crippen LogP contribution is -2.26. The van der Waals surface area contributed by atoms with Gasteiger partial charge in [0.25, 0.3) is 5.56 Å². The summed E-state index contributed by atoms with van der Waals surface area (Å²) in [6, 6.07) is 10.0. The largest absolute Gasteiger partial charge is 0.493 e. The Kier molecular flexibility index (Phi) is 5.31. The van der Waals surface area contributed by atoms with Gasteiger partial charge in [0.05, 0.1) is 17.3 Å². The van der Waals surface area contributed by atoms with Gasteiger partial charge < -0.3 is 5.11 Å². The van der Waals surface area contributed by atoms with E-state index in [1.165, 1.54) is 4.57 Å². The van der Waals surface area contributed by atoms with Crippen LogP contribution < -0.4 is 5.56 Å². The van der Waals surface area contributed by atoms with Crippen LogP contribution in [0.15, 0.2) is 39.3 Å². The molecule has 1 heterocycles. The Balaban J connectivity index is 2.60. The molecule has 1 unspecified atom stereocenters. The molecule has 2 aromatic rings. The van der Waals surface area contributed by atoms with Gasteiger partial charge in [-0.2, -0.15) is 15.6 Å². The topological polar surface area (TPSA) is 115 Å². The molecule has 0 radical (unpaired) electrons. The van der Waals surface area contributed by atoms with Gasteiger partial charge in [0.1, 0.15) is 11.6 Å². The quantitative estimate of drug-likeness (QED) is 0.850. The number of nitrogens with zero attached hydrogens (tertiary/aromatic N) is 5. The van der Waals surface area contributed by atoms with Crippen LogP contribution in [0.3, 0.4) is 0 Å². The van der Waals surface area contributed by atoms with Crippen LogP contribution in [-0.4, -0.2) is 9.67 Å². The molecule has 126 valence electrons. The second-order valence-corrected chi connectivity index (χ2v) is 5.58. The normalized spacial score (nSPS) is 11.9. The average Bonchev–Trinajstić information content (AvgIpc) is 2.62. The predicted molar refractivity (Wildman–Crippen MR) is 92.2 cm³/mol. The highest BCUT2D eigenvalue weighted by atomic mass is 16.3. The average molecular weight is 335 g/mol. The SMILES string of the molecule is CCC(C)n1c(O)c(/N=N/c2ccc(C#N)cc2)c(C)c(C#N)c1=O. The van der Waals surface area contributed by atoms with Crippen molar-refractivity contribution >= 4 is 11.4 Å². The minimum atomic E-state index is -0.538. The molecule has 0 bridgehead atoms. The van der Waals surface area contributed by atoms with Crippen LogP contribution in [0.1, 0.15) is 43.0 Å². The first kappa shape index (κ1) is 17.9. The Hall–Kier alpha value is -3.45. The highest BCUT2D eigenvalue weighted by Crippen LogP contribution is 2.34. The molecule has 1 aromatic heterocycles. The van der Waals surface area contributed by atoms with Crippen LogP contribution >= 0.6 is 0 Å². The number of aromatic nitrogens is 1. The maximum Gasteiger partial charge on any atom is 0.271 e. The standard InChI is InChI=1S/C18H17N5O2/c1-4-11(2)23-17(24)15(10-20)12(3)16(18(23)25)22-21-14-7-5-13(9-19)6-8-14/h5-8,11,25H,4H2,1-3H3/b22-21+. The summed E-state index contributed by atoms with van der Waals surface area (Å²) in [6.07, 6.45) is 0.605. The number of hydrogen-bond acceptors (Lipinski definition) is 6. The molecule has 0 saturated carbocycles. The Morgan fingerprint density at radius 1 is 1.20 bits per heavy atom. The van der Waals surface area contributed by atoms with E-state index < -0.39 is 5.56 Å². The molecule has 2 rings (SSSR count). The van der Waals surface area contributed by atoms with Crippen molar-refractivity contribution < 1.29 is 5.11 Å². The van der Waals surface area contributed by atoms with Gasteiger partial charge in [-0.3, -0.25) is 9.36 Å². The van der Waals surface area contributed by atoms with Gasteiger partial charge in [-0.1, -0.05) is 6.92 Å². The third-order valence-corrected chi connectivity index (χ3v) is 4.01.